The molecular weight excluding hydrogens is 388 g/mol. The molecule has 0 aromatic heterocycles. The van der Waals surface area contributed by atoms with Crippen molar-refractivity contribution in [3.63, 3.8) is 0 Å². The molecule has 2 aromatic rings. The van der Waals surface area contributed by atoms with Crippen LogP contribution >= 0.6 is 0 Å². The Morgan fingerprint density at radius 1 is 0.871 bits per heavy atom. The van der Waals surface area contributed by atoms with Gasteiger partial charge in [0.25, 0.3) is 5.91 Å². The van der Waals surface area contributed by atoms with Crippen LogP contribution in [-0.2, 0) is 13.1 Å². The van der Waals surface area contributed by atoms with Crippen LogP contribution in [0, 0.1) is 0 Å². The van der Waals surface area contributed by atoms with Gasteiger partial charge in [-0.1, -0.05) is 30.7 Å². The molecule has 2 N–H and O–H groups in total. The maximum absolute atomic E-state index is 13.1. The van der Waals surface area contributed by atoms with Crippen molar-refractivity contribution in [1.29, 1.82) is 0 Å². The number of carbonyl (C=O) groups excluding carboxylic acids is 2. The molecule has 6 heteroatoms. The van der Waals surface area contributed by atoms with Gasteiger partial charge in [0.2, 0.25) is 0 Å². The second-order valence-corrected chi connectivity index (χ2v) is 9.13. The molecule has 3 aliphatic heterocycles. The predicted molar refractivity (Wildman–Crippen MR) is 121 cm³/mol. The number of amides is 3. The summed E-state index contributed by atoms with van der Waals surface area (Å²) < 4.78 is 0. The van der Waals surface area contributed by atoms with Crippen LogP contribution in [0.25, 0.3) is 0 Å². The highest BCUT2D eigenvalue weighted by Crippen LogP contribution is 2.30. The number of nitrogens with zero attached hydrogens (tertiary/aromatic N) is 2. The second kappa shape index (κ2) is 8.35. The summed E-state index contributed by atoms with van der Waals surface area (Å²) in [5.41, 5.74) is 3.89. The average molecular weight is 419 g/mol. The lowest BCUT2D eigenvalue weighted by molar-refractivity contribution is 0.0555. The fraction of sp³-hybridized carbons (Fsp3) is 0.440. The molecule has 5 rings (SSSR count). The fourth-order valence-electron chi connectivity index (χ4n) is 5.24. The van der Waals surface area contributed by atoms with E-state index >= 15 is 0 Å². The van der Waals surface area contributed by atoms with Gasteiger partial charge in [0.15, 0.2) is 0 Å². The van der Waals surface area contributed by atoms with E-state index < -0.39 is 0 Å². The van der Waals surface area contributed by atoms with E-state index in [-0.39, 0.29) is 17.5 Å². The Labute approximate surface area is 183 Å². The number of rotatable bonds is 2. The van der Waals surface area contributed by atoms with Gasteiger partial charge in [-0.05, 0) is 67.6 Å². The minimum Gasteiger partial charge on any atom is -0.337 e. The zero-order chi connectivity index (χ0) is 21.3. The van der Waals surface area contributed by atoms with Gasteiger partial charge in [0.05, 0.1) is 0 Å². The molecular formula is C25H30N4O2. The molecule has 1 unspecified atom stereocenters. The standard InChI is InChI=1S/C25H30N4O2/c30-23(28-15-5-13-25(18-28)12-3-4-14-26-25)19-8-10-22(11-9-19)27-24(31)29-16-20-6-1-2-7-21(20)17-29/h1-2,6-11,26H,3-5,12-18H2,(H,27,31). The van der Waals surface area contributed by atoms with E-state index in [1.165, 1.54) is 24.0 Å². The maximum atomic E-state index is 13.1. The molecule has 162 valence electrons. The molecule has 1 atom stereocenters. The van der Waals surface area contributed by atoms with Crippen molar-refractivity contribution in [2.45, 2.75) is 50.7 Å². The van der Waals surface area contributed by atoms with Gasteiger partial charge in [-0.2, -0.15) is 0 Å². The normalized spacial score (nSPS) is 23.0. The highest BCUT2D eigenvalue weighted by Gasteiger charge is 2.37. The molecule has 1 spiro atoms. The Balaban J connectivity index is 1.20. The van der Waals surface area contributed by atoms with Crippen LogP contribution in [0.15, 0.2) is 48.5 Å². The topological polar surface area (TPSA) is 64.7 Å². The number of fused-ring (bicyclic) bond motifs is 1. The summed E-state index contributed by atoms with van der Waals surface area (Å²) >= 11 is 0. The van der Waals surface area contributed by atoms with Gasteiger partial charge < -0.3 is 20.4 Å². The quantitative estimate of drug-likeness (QED) is 0.775. The smallest absolute Gasteiger partial charge is 0.322 e. The molecule has 3 amide bonds. The third-order valence-electron chi connectivity index (χ3n) is 6.96. The van der Waals surface area contributed by atoms with E-state index in [0.717, 1.165) is 38.9 Å². The number of benzene rings is 2. The fourth-order valence-corrected chi connectivity index (χ4v) is 5.24. The summed E-state index contributed by atoms with van der Waals surface area (Å²) in [5, 5.41) is 6.65. The second-order valence-electron chi connectivity index (χ2n) is 9.13. The molecule has 3 heterocycles. The van der Waals surface area contributed by atoms with Crippen molar-refractivity contribution >= 4 is 17.6 Å². The summed E-state index contributed by atoms with van der Waals surface area (Å²) in [5.74, 6) is 0.0827. The first-order valence-electron chi connectivity index (χ1n) is 11.4. The third-order valence-corrected chi connectivity index (χ3v) is 6.96. The Morgan fingerprint density at radius 3 is 2.26 bits per heavy atom. The Morgan fingerprint density at radius 2 is 1.58 bits per heavy atom. The number of anilines is 1. The van der Waals surface area contributed by atoms with Gasteiger partial charge in [-0.15, -0.1) is 0 Å². The number of urea groups is 1. The van der Waals surface area contributed by atoms with E-state index in [1.54, 1.807) is 4.90 Å². The lowest BCUT2D eigenvalue weighted by Crippen LogP contribution is -2.59. The van der Waals surface area contributed by atoms with Gasteiger partial charge in [-0.3, -0.25) is 4.79 Å². The van der Waals surface area contributed by atoms with Gasteiger partial charge in [-0.25, -0.2) is 4.79 Å². The highest BCUT2D eigenvalue weighted by molar-refractivity contribution is 5.95. The molecule has 0 saturated carbocycles. The molecule has 2 aromatic carbocycles. The number of carbonyl (C=O) groups is 2. The summed E-state index contributed by atoms with van der Waals surface area (Å²) in [6, 6.07) is 15.3. The molecule has 6 nitrogen and oxygen atoms in total. The minimum atomic E-state index is -0.114. The minimum absolute atomic E-state index is 0.0827. The van der Waals surface area contributed by atoms with E-state index in [1.807, 2.05) is 41.3 Å². The van der Waals surface area contributed by atoms with E-state index in [4.69, 9.17) is 0 Å². The number of piperidine rings is 2. The number of nitrogens with one attached hydrogen (secondary N) is 2. The first-order valence-corrected chi connectivity index (χ1v) is 11.4. The largest absolute Gasteiger partial charge is 0.337 e. The lowest BCUT2D eigenvalue weighted by atomic mass is 9.81. The van der Waals surface area contributed by atoms with Gasteiger partial charge in [0, 0.05) is 43.0 Å². The Hall–Kier alpha value is -2.86. The summed E-state index contributed by atoms with van der Waals surface area (Å²) in [7, 11) is 0. The first kappa shape index (κ1) is 20.1. The SMILES string of the molecule is O=C(Nc1ccc(C(=O)N2CCCC3(CCCCN3)C2)cc1)N1Cc2ccccc2C1. The van der Waals surface area contributed by atoms with E-state index in [0.29, 0.717) is 24.3 Å². The molecule has 31 heavy (non-hydrogen) atoms. The van der Waals surface area contributed by atoms with Crippen molar-refractivity contribution in [3.8, 4) is 0 Å². The van der Waals surface area contributed by atoms with Crippen LogP contribution in [0.3, 0.4) is 0 Å². The van der Waals surface area contributed by atoms with Crippen molar-refractivity contribution in [1.82, 2.24) is 15.1 Å². The van der Waals surface area contributed by atoms with Crippen LogP contribution in [-0.4, -0.2) is 46.9 Å². The zero-order valence-corrected chi connectivity index (χ0v) is 17.9. The monoisotopic (exact) mass is 418 g/mol. The molecule has 3 aliphatic rings. The number of hydrogen-bond acceptors (Lipinski definition) is 3. The number of hydrogen-bond donors (Lipinski definition) is 2. The maximum Gasteiger partial charge on any atom is 0.322 e. The van der Waals surface area contributed by atoms with Gasteiger partial charge >= 0.3 is 6.03 Å². The molecule has 0 aliphatic carbocycles. The Kier molecular flexibility index (Phi) is 5.40. The molecule has 2 saturated heterocycles. The average Bonchev–Trinajstić information content (AvgIpc) is 3.24. The van der Waals surface area contributed by atoms with Crippen molar-refractivity contribution in [2.24, 2.45) is 0 Å². The lowest BCUT2D eigenvalue weighted by Gasteiger charge is -2.46. The highest BCUT2D eigenvalue weighted by atomic mass is 16.2. The van der Waals surface area contributed by atoms with Crippen molar-refractivity contribution < 1.29 is 9.59 Å². The van der Waals surface area contributed by atoms with E-state index in [2.05, 4.69) is 22.8 Å². The molecule has 2 fully saturated rings. The zero-order valence-electron chi connectivity index (χ0n) is 17.9. The summed E-state index contributed by atoms with van der Waals surface area (Å²) in [6.45, 7) is 3.92. The van der Waals surface area contributed by atoms with Crippen LogP contribution in [0.2, 0.25) is 0 Å². The van der Waals surface area contributed by atoms with Crippen LogP contribution in [0.1, 0.15) is 53.6 Å². The van der Waals surface area contributed by atoms with Crippen LogP contribution in [0.4, 0.5) is 10.5 Å². The summed E-state index contributed by atoms with van der Waals surface area (Å²) in [4.78, 5) is 29.5. The Bertz CT molecular complexity index is 935. The third kappa shape index (κ3) is 4.17. The van der Waals surface area contributed by atoms with E-state index in [9.17, 15) is 9.59 Å². The van der Waals surface area contributed by atoms with Crippen LogP contribution in [0.5, 0.6) is 0 Å². The molecule has 0 bridgehead atoms. The van der Waals surface area contributed by atoms with Crippen molar-refractivity contribution in [3.05, 3.63) is 65.2 Å². The first-order chi connectivity index (χ1) is 15.1. The van der Waals surface area contributed by atoms with Crippen molar-refractivity contribution in [2.75, 3.05) is 25.0 Å². The molecule has 0 radical (unpaired) electrons. The van der Waals surface area contributed by atoms with Crippen LogP contribution < -0.4 is 10.6 Å². The summed E-state index contributed by atoms with van der Waals surface area (Å²) in [6.07, 6.45) is 5.83. The predicted octanol–water partition coefficient (Wildman–Crippen LogP) is 3.98. The number of likely N-dealkylation sites (tertiary alicyclic amines) is 1. The van der Waals surface area contributed by atoms with Gasteiger partial charge in [0.1, 0.15) is 0 Å².